The molecule has 0 spiro atoms. The standard InChI is InChI=1S/C11H20N2O6S/c1-7(2)4-12-10(15)6-20(18,19)5-9(11(16)17)13-8(3)14/h7,9H,4-6H2,1-3H3,(H,12,15)(H,13,14)(H,16,17). The number of carboxylic acids is 1. The van der Waals surface area contributed by atoms with Gasteiger partial charge in [-0.2, -0.15) is 0 Å². The van der Waals surface area contributed by atoms with Crippen molar-refractivity contribution in [3.63, 3.8) is 0 Å². The second-order valence-corrected chi connectivity index (χ2v) is 6.95. The van der Waals surface area contributed by atoms with Crippen molar-refractivity contribution < 1.29 is 27.9 Å². The first-order valence-corrected chi connectivity index (χ1v) is 7.82. The maximum Gasteiger partial charge on any atom is 0.327 e. The third-order valence-corrected chi connectivity index (χ3v) is 3.70. The van der Waals surface area contributed by atoms with Crippen LogP contribution in [0.15, 0.2) is 0 Å². The topological polar surface area (TPSA) is 130 Å². The van der Waals surface area contributed by atoms with E-state index in [1.807, 2.05) is 19.2 Å². The zero-order valence-corrected chi connectivity index (χ0v) is 12.5. The molecule has 0 rings (SSSR count). The molecule has 1 atom stereocenters. The summed E-state index contributed by atoms with van der Waals surface area (Å²) in [5.74, 6) is -4.26. The Kier molecular flexibility index (Phi) is 7.19. The highest BCUT2D eigenvalue weighted by Gasteiger charge is 2.27. The molecule has 8 nitrogen and oxygen atoms in total. The van der Waals surface area contributed by atoms with Crippen molar-refractivity contribution in [3.8, 4) is 0 Å². The Labute approximate surface area is 117 Å². The molecule has 0 aliphatic heterocycles. The summed E-state index contributed by atoms with van der Waals surface area (Å²) in [6.45, 7) is 5.12. The molecule has 9 heteroatoms. The molecule has 0 heterocycles. The van der Waals surface area contributed by atoms with Crippen LogP contribution in [0.5, 0.6) is 0 Å². The third kappa shape index (κ3) is 8.46. The van der Waals surface area contributed by atoms with Crippen LogP contribution in [-0.2, 0) is 24.2 Å². The van der Waals surface area contributed by atoms with Gasteiger partial charge >= 0.3 is 5.97 Å². The van der Waals surface area contributed by atoms with Gasteiger partial charge in [0.25, 0.3) is 0 Å². The Hall–Kier alpha value is -1.64. The van der Waals surface area contributed by atoms with Gasteiger partial charge in [-0.15, -0.1) is 0 Å². The number of rotatable bonds is 8. The first-order chi connectivity index (χ1) is 9.03. The van der Waals surface area contributed by atoms with Gasteiger partial charge in [0.2, 0.25) is 11.8 Å². The second-order valence-electron chi connectivity index (χ2n) is 4.84. The Morgan fingerprint density at radius 3 is 2.15 bits per heavy atom. The third-order valence-electron chi connectivity index (χ3n) is 2.15. The van der Waals surface area contributed by atoms with Crippen LogP contribution >= 0.6 is 0 Å². The van der Waals surface area contributed by atoms with Gasteiger partial charge in [0.1, 0.15) is 11.8 Å². The molecule has 0 aromatic rings. The van der Waals surface area contributed by atoms with Crippen molar-refractivity contribution in [3.05, 3.63) is 0 Å². The van der Waals surface area contributed by atoms with Crippen molar-refractivity contribution in [2.45, 2.75) is 26.8 Å². The van der Waals surface area contributed by atoms with Gasteiger partial charge in [-0.1, -0.05) is 13.8 Å². The van der Waals surface area contributed by atoms with E-state index in [2.05, 4.69) is 5.32 Å². The van der Waals surface area contributed by atoms with Crippen LogP contribution in [0.3, 0.4) is 0 Å². The van der Waals surface area contributed by atoms with E-state index in [9.17, 15) is 22.8 Å². The fourth-order valence-electron chi connectivity index (χ4n) is 1.30. The largest absolute Gasteiger partial charge is 0.480 e. The van der Waals surface area contributed by atoms with Crippen LogP contribution < -0.4 is 10.6 Å². The van der Waals surface area contributed by atoms with E-state index in [4.69, 9.17) is 5.11 Å². The summed E-state index contributed by atoms with van der Waals surface area (Å²) in [7, 11) is -3.93. The maximum absolute atomic E-state index is 11.7. The van der Waals surface area contributed by atoms with Gasteiger partial charge in [-0.25, -0.2) is 13.2 Å². The number of aliphatic carboxylic acids is 1. The van der Waals surface area contributed by atoms with E-state index >= 15 is 0 Å². The molecule has 0 bridgehead atoms. The molecule has 0 radical (unpaired) electrons. The summed E-state index contributed by atoms with van der Waals surface area (Å²) in [4.78, 5) is 33.0. The molecule has 0 fully saturated rings. The highest BCUT2D eigenvalue weighted by molar-refractivity contribution is 7.92. The van der Waals surface area contributed by atoms with E-state index in [0.29, 0.717) is 6.54 Å². The molecular weight excluding hydrogens is 288 g/mol. The normalized spacial score (nSPS) is 12.8. The summed E-state index contributed by atoms with van der Waals surface area (Å²) in [5, 5.41) is 13.3. The monoisotopic (exact) mass is 308 g/mol. The van der Waals surface area contributed by atoms with Crippen molar-refractivity contribution in [1.29, 1.82) is 0 Å². The number of sulfone groups is 1. The molecule has 1 unspecified atom stereocenters. The summed E-state index contributed by atoms with van der Waals surface area (Å²) >= 11 is 0. The summed E-state index contributed by atoms with van der Waals surface area (Å²) in [6.07, 6.45) is 0. The number of carbonyl (C=O) groups excluding carboxylic acids is 2. The number of hydrogen-bond donors (Lipinski definition) is 3. The Balaban J connectivity index is 4.59. The lowest BCUT2D eigenvalue weighted by molar-refractivity contribution is -0.140. The van der Waals surface area contributed by atoms with Crippen LogP contribution in [-0.4, -0.2) is 55.4 Å². The van der Waals surface area contributed by atoms with Crippen molar-refractivity contribution in [2.75, 3.05) is 18.1 Å². The fraction of sp³-hybridized carbons (Fsp3) is 0.727. The predicted molar refractivity (Wildman–Crippen MR) is 71.7 cm³/mol. The van der Waals surface area contributed by atoms with Gasteiger partial charge in [-0.05, 0) is 5.92 Å². The molecule has 116 valence electrons. The molecule has 0 aromatic heterocycles. The average Bonchev–Trinajstić information content (AvgIpc) is 2.23. The zero-order valence-electron chi connectivity index (χ0n) is 11.7. The fourth-order valence-corrected chi connectivity index (χ4v) is 2.65. The molecule has 0 aromatic carbocycles. The van der Waals surface area contributed by atoms with E-state index in [-0.39, 0.29) is 5.92 Å². The quantitative estimate of drug-likeness (QED) is 0.514. The van der Waals surface area contributed by atoms with Crippen LogP contribution in [0.25, 0.3) is 0 Å². The van der Waals surface area contributed by atoms with Crippen LogP contribution in [0, 0.1) is 5.92 Å². The summed E-state index contributed by atoms with van der Waals surface area (Å²) in [6, 6.07) is -1.56. The lowest BCUT2D eigenvalue weighted by Gasteiger charge is -2.13. The number of nitrogens with one attached hydrogen (secondary N) is 2. The zero-order chi connectivity index (χ0) is 15.9. The first kappa shape index (κ1) is 18.4. The molecule has 2 amide bonds. The van der Waals surface area contributed by atoms with Crippen molar-refractivity contribution in [2.24, 2.45) is 5.92 Å². The SMILES string of the molecule is CC(=O)NC(CS(=O)(=O)CC(=O)NCC(C)C)C(=O)O. The molecule has 3 N–H and O–H groups in total. The smallest absolute Gasteiger partial charge is 0.327 e. The van der Waals surface area contributed by atoms with Gasteiger partial charge in [0, 0.05) is 13.5 Å². The Morgan fingerprint density at radius 1 is 1.20 bits per heavy atom. The summed E-state index contributed by atoms with van der Waals surface area (Å²) in [5.41, 5.74) is 0. The molecule has 20 heavy (non-hydrogen) atoms. The minimum Gasteiger partial charge on any atom is -0.480 e. The predicted octanol–water partition coefficient (Wildman–Crippen LogP) is -1.24. The van der Waals surface area contributed by atoms with E-state index < -0.39 is 45.2 Å². The van der Waals surface area contributed by atoms with Crippen LogP contribution in [0.2, 0.25) is 0 Å². The summed E-state index contributed by atoms with van der Waals surface area (Å²) < 4.78 is 23.4. The van der Waals surface area contributed by atoms with Gasteiger partial charge in [-0.3, -0.25) is 9.59 Å². The molecule has 0 aliphatic rings. The molecular formula is C11H20N2O6S. The highest BCUT2D eigenvalue weighted by Crippen LogP contribution is 1.97. The maximum atomic E-state index is 11.7. The van der Waals surface area contributed by atoms with E-state index in [1.165, 1.54) is 0 Å². The van der Waals surface area contributed by atoms with E-state index in [0.717, 1.165) is 6.92 Å². The average molecular weight is 308 g/mol. The Bertz CT molecular complexity index is 471. The lowest BCUT2D eigenvalue weighted by atomic mass is 10.2. The number of carbonyl (C=O) groups is 3. The number of carboxylic acid groups (broad SMARTS) is 1. The minimum absolute atomic E-state index is 0.174. The van der Waals surface area contributed by atoms with E-state index in [1.54, 1.807) is 0 Å². The van der Waals surface area contributed by atoms with Crippen LogP contribution in [0.4, 0.5) is 0 Å². The second kappa shape index (κ2) is 7.83. The van der Waals surface area contributed by atoms with Gasteiger partial charge < -0.3 is 15.7 Å². The first-order valence-electron chi connectivity index (χ1n) is 6.00. The lowest BCUT2D eigenvalue weighted by Crippen LogP contribution is -2.46. The minimum atomic E-state index is -3.93. The number of hydrogen-bond acceptors (Lipinski definition) is 5. The Morgan fingerprint density at radius 2 is 1.75 bits per heavy atom. The van der Waals surface area contributed by atoms with Gasteiger partial charge in [0.15, 0.2) is 9.84 Å². The van der Waals surface area contributed by atoms with Gasteiger partial charge in [0.05, 0.1) is 5.75 Å². The molecule has 0 saturated heterocycles. The molecule has 0 saturated carbocycles. The van der Waals surface area contributed by atoms with Crippen molar-refractivity contribution >= 4 is 27.6 Å². The molecule has 0 aliphatic carbocycles. The number of amides is 2. The van der Waals surface area contributed by atoms with Crippen molar-refractivity contribution in [1.82, 2.24) is 10.6 Å². The van der Waals surface area contributed by atoms with Crippen LogP contribution in [0.1, 0.15) is 20.8 Å². The highest BCUT2D eigenvalue weighted by atomic mass is 32.2.